The van der Waals surface area contributed by atoms with E-state index in [-0.39, 0.29) is 11.7 Å². The highest BCUT2D eigenvalue weighted by atomic mass is 32.1. The highest BCUT2D eigenvalue weighted by Crippen LogP contribution is 2.33. The number of thiazole rings is 1. The Morgan fingerprint density at radius 3 is 2.52 bits per heavy atom. The Morgan fingerprint density at radius 1 is 1.07 bits per heavy atom. The fourth-order valence-corrected chi connectivity index (χ4v) is 4.18. The smallest absolute Gasteiger partial charge is 0.406 e. The number of benzene rings is 2. The van der Waals surface area contributed by atoms with Gasteiger partial charge in [0.05, 0.1) is 10.2 Å². The molecule has 1 saturated heterocycles. The lowest BCUT2D eigenvalue weighted by atomic mass is 10.2. The van der Waals surface area contributed by atoms with Gasteiger partial charge in [-0.15, -0.1) is 13.2 Å². The maximum atomic E-state index is 13.3. The van der Waals surface area contributed by atoms with Gasteiger partial charge < -0.3 is 14.5 Å². The number of fused-ring (bicyclic) bond motifs is 1. The van der Waals surface area contributed by atoms with E-state index in [4.69, 9.17) is 0 Å². The molecule has 0 atom stereocenters. The van der Waals surface area contributed by atoms with E-state index in [0.29, 0.717) is 47.1 Å². The largest absolute Gasteiger partial charge is 0.573 e. The molecule has 0 saturated carbocycles. The Labute approximate surface area is 167 Å². The number of alkyl halides is 3. The molecule has 2 heterocycles. The molecule has 1 aromatic heterocycles. The molecule has 0 radical (unpaired) electrons. The molecule has 152 valence electrons. The molecular weight excluding hydrogens is 410 g/mol. The first-order chi connectivity index (χ1) is 13.8. The number of amides is 1. The predicted molar refractivity (Wildman–Crippen MR) is 101 cm³/mol. The lowest BCUT2D eigenvalue weighted by Crippen LogP contribution is -2.48. The van der Waals surface area contributed by atoms with Crippen LogP contribution < -0.4 is 9.64 Å². The van der Waals surface area contributed by atoms with Gasteiger partial charge in [0.25, 0.3) is 5.91 Å². The van der Waals surface area contributed by atoms with Crippen molar-refractivity contribution in [3.8, 4) is 5.75 Å². The van der Waals surface area contributed by atoms with Crippen LogP contribution in [0, 0.1) is 5.82 Å². The van der Waals surface area contributed by atoms with Crippen LogP contribution in [-0.2, 0) is 0 Å². The Hall–Kier alpha value is -2.88. The van der Waals surface area contributed by atoms with Crippen LogP contribution in [0.5, 0.6) is 5.75 Å². The molecule has 5 nitrogen and oxygen atoms in total. The summed E-state index contributed by atoms with van der Waals surface area (Å²) in [5, 5.41) is 0.669. The van der Waals surface area contributed by atoms with Crippen LogP contribution in [0.15, 0.2) is 42.5 Å². The molecule has 2 aromatic carbocycles. The summed E-state index contributed by atoms with van der Waals surface area (Å²) in [5.74, 6) is -0.981. The quantitative estimate of drug-likeness (QED) is 0.587. The van der Waals surface area contributed by atoms with Crippen LogP contribution in [0.25, 0.3) is 10.2 Å². The molecule has 0 aliphatic carbocycles. The van der Waals surface area contributed by atoms with Gasteiger partial charge in [0.15, 0.2) is 5.13 Å². The van der Waals surface area contributed by atoms with Gasteiger partial charge in [-0.05, 0) is 30.3 Å². The van der Waals surface area contributed by atoms with Crippen molar-refractivity contribution in [2.75, 3.05) is 31.1 Å². The van der Waals surface area contributed by atoms with Gasteiger partial charge >= 0.3 is 6.36 Å². The van der Waals surface area contributed by atoms with Crippen molar-refractivity contribution >= 4 is 32.6 Å². The van der Waals surface area contributed by atoms with Gasteiger partial charge in [-0.3, -0.25) is 4.79 Å². The minimum atomic E-state index is -4.74. The maximum Gasteiger partial charge on any atom is 0.573 e. The number of aromatic nitrogens is 1. The second-order valence-corrected chi connectivity index (χ2v) is 7.47. The average Bonchev–Trinajstić information content (AvgIpc) is 3.09. The maximum absolute atomic E-state index is 13.3. The second kappa shape index (κ2) is 7.51. The highest BCUT2D eigenvalue weighted by molar-refractivity contribution is 7.22. The summed E-state index contributed by atoms with van der Waals surface area (Å²) >= 11 is 1.27. The monoisotopic (exact) mass is 425 g/mol. The number of hydrogen-bond acceptors (Lipinski definition) is 5. The first-order valence-electron chi connectivity index (χ1n) is 8.75. The standard InChI is InChI=1S/C19H15F4N3O2S/c20-13-3-1-2-12(10-13)17(27)25-6-8-26(9-7-25)18-24-15-5-4-14(11-16(15)29-18)28-19(21,22)23/h1-5,10-11H,6-9H2. The van der Waals surface area contributed by atoms with E-state index in [0.717, 1.165) is 0 Å². The van der Waals surface area contributed by atoms with Gasteiger partial charge in [0.2, 0.25) is 0 Å². The molecule has 4 rings (SSSR count). The molecule has 1 amide bonds. The number of anilines is 1. The summed E-state index contributed by atoms with van der Waals surface area (Å²) in [6.45, 7) is 1.92. The third-order valence-electron chi connectivity index (χ3n) is 4.49. The van der Waals surface area contributed by atoms with Crippen molar-refractivity contribution in [2.24, 2.45) is 0 Å². The van der Waals surface area contributed by atoms with E-state index in [9.17, 15) is 22.4 Å². The van der Waals surface area contributed by atoms with E-state index in [2.05, 4.69) is 9.72 Å². The molecule has 29 heavy (non-hydrogen) atoms. The van der Waals surface area contributed by atoms with Crippen LogP contribution in [-0.4, -0.2) is 48.3 Å². The van der Waals surface area contributed by atoms with E-state index in [1.54, 1.807) is 11.0 Å². The van der Waals surface area contributed by atoms with E-state index in [1.165, 1.54) is 47.7 Å². The summed E-state index contributed by atoms with van der Waals surface area (Å²) in [4.78, 5) is 20.6. The molecule has 0 spiro atoms. The molecule has 0 unspecified atom stereocenters. The topological polar surface area (TPSA) is 45.7 Å². The highest BCUT2D eigenvalue weighted by Gasteiger charge is 2.31. The number of hydrogen-bond donors (Lipinski definition) is 0. The Morgan fingerprint density at radius 2 is 1.83 bits per heavy atom. The molecule has 0 bridgehead atoms. The van der Waals surface area contributed by atoms with E-state index < -0.39 is 12.2 Å². The van der Waals surface area contributed by atoms with Gasteiger partial charge in [-0.1, -0.05) is 17.4 Å². The molecule has 1 fully saturated rings. The van der Waals surface area contributed by atoms with Crippen LogP contribution in [0.1, 0.15) is 10.4 Å². The molecule has 0 N–H and O–H groups in total. The average molecular weight is 425 g/mol. The molecule has 3 aromatic rings. The van der Waals surface area contributed by atoms with Crippen LogP contribution in [0.2, 0.25) is 0 Å². The Bertz CT molecular complexity index is 1050. The SMILES string of the molecule is O=C(c1cccc(F)c1)N1CCN(c2nc3ccc(OC(F)(F)F)cc3s2)CC1. The van der Waals surface area contributed by atoms with Crippen molar-refractivity contribution in [1.82, 2.24) is 9.88 Å². The lowest BCUT2D eigenvalue weighted by molar-refractivity contribution is -0.274. The minimum absolute atomic E-state index is 0.234. The first-order valence-corrected chi connectivity index (χ1v) is 9.56. The zero-order valence-electron chi connectivity index (χ0n) is 14.9. The molecule has 10 heteroatoms. The lowest BCUT2D eigenvalue weighted by Gasteiger charge is -2.34. The van der Waals surface area contributed by atoms with Crippen LogP contribution >= 0.6 is 11.3 Å². The normalized spacial score (nSPS) is 15.0. The predicted octanol–water partition coefficient (Wildman–Crippen LogP) is 4.30. The summed E-state index contributed by atoms with van der Waals surface area (Å²) in [7, 11) is 0. The number of ether oxygens (including phenoxy) is 1. The summed E-state index contributed by atoms with van der Waals surface area (Å²) in [5.41, 5.74) is 0.883. The second-order valence-electron chi connectivity index (χ2n) is 6.46. The Balaban J connectivity index is 1.44. The molecule has 1 aliphatic heterocycles. The van der Waals surface area contributed by atoms with E-state index in [1.807, 2.05) is 4.90 Å². The van der Waals surface area contributed by atoms with Crippen molar-refractivity contribution in [3.63, 3.8) is 0 Å². The van der Waals surface area contributed by atoms with Crippen molar-refractivity contribution in [2.45, 2.75) is 6.36 Å². The fourth-order valence-electron chi connectivity index (χ4n) is 3.13. The summed E-state index contributed by atoms with van der Waals surface area (Å²) in [6, 6.07) is 9.60. The summed E-state index contributed by atoms with van der Waals surface area (Å²) < 4.78 is 55.0. The number of carbonyl (C=O) groups excluding carboxylic acids is 1. The van der Waals surface area contributed by atoms with Crippen molar-refractivity contribution in [1.29, 1.82) is 0 Å². The number of nitrogens with zero attached hydrogens (tertiary/aromatic N) is 3. The minimum Gasteiger partial charge on any atom is -0.406 e. The number of carbonyl (C=O) groups is 1. The third-order valence-corrected chi connectivity index (χ3v) is 5.57. The first kappa shape index (κ1) is 19.4. The van der Waals surface area contributed by atoms with Gasteiger partial charge in [-0.25, -0.2) is 9.37 Å². The van der Waals surface area contributed by atoms with Gasteiger partial charge in [0, 0.05) is 37.8 Å². The van der Waals surface area contributed by atoms with Crippen molar-refractivity contribution in [3.05, 3.63) is 53.8 Å². The summed E-state index contributed by atoms with van der Waals surface area (Å²) in [6.07, 6.45) is -4.74. The van der Waals surface area contributed by atoms with E-state index >= 15 is 0 Å². The Kier molecular flexibility index (Phi) is 5.03. The third kappa shape index (κ3) is 4.42. The molecular formula is C19H15F4N3O2S. The number of halogens is 4. The zero-order chi connectivity index (χ0) is 20.6. The fraction of sp³-hybridized carbons (Fsp3) is 0.263. The number of rotatable bonds is 3. The van der Waals surface area contributed by atoms with Gasteiger partial charge in [-0.2, -0.15) is 0 Å². The number of piperazine rings is 1. The van der Waals surface area contributed by atoms with Gasteiger partial charge in [0.1, 0.15) is 11.6 Å². The molecule has 1 aliphatic rings. The zero-order valence-corrected chi connectivity index (χ0v) is 15.8. The van der Waals surface area contributed by atoms with Crippen LogP contribution in [0.4, 0.5) is 22.7 Å². The van der Waals surface area contributed by atoms with Crippen LogP contribution in [0.3, 0.4) is 0 Å². The van der Waals surface area contributed by atoms with Crippen molar-refractivity contribution < 1.29 is 27.1 Å².